The van der Waals surface area contributed by atoms with Crippen molar-refractivity contribution in [2.45, 2.75) is 25.7 Å². The number of hydrogen-bond donors (Lipinski definition) is 1. The lowest BCUT2D eigenvalue weighted by atomic mass is 10.1. The van der Waals surface area contributed by atoms with E-state index in [0.717, 1.165) is 16.8 Å². The molecule has 1 aromatic carbocycles. The highest BCUT2D eigenvalue weighted by Gasteiger charge is 2.30. The maximum absolute atomic E-state index is 12.6. The van der Waals surface area contributed by atoms with Crippen LogP contribution in [0, 0.1) is 0 Å². The lowest BCUT2D eigenvalue weighted by Crippen LogP contribution is -2.34. The maximum Gasteiger partial charge on any atom is 0.416 e. The summed E-state index contributed by atoms with van der Waals surface area (Å²) in [7, 11) is 1.67. The number of benzene rings is 1. The lowest BCUT2D eigenvalue weighted by Gasteiger charge is -2.15. The first-order valence-corrected chi connectivity index (χ1v) is 8.01. The smallest absolute Gasteiger partial charge is 0.348 e. The van der Waals surface area contributed by atoms with E-state index in [9.17, 15) is 22.8 Å². The second kappa shape index (κ2) is 6.86. The van der Waals surface area contributed by atoms with E-state index >= 15 is 0 Å². The van der Waals surface area contributed by atoms with Gasteiger partial charge in [0.15, 0.2) is 0 Å². The zero-order chi connectivity index (χ0) is 19.8. The van der Waals surface area contributed by atoms with E-state index in [2.05, 4.69) is 15.5 Å². The van der Waals surface area contributed by atoms with Gasteiger partial charge in [0.25, 0.3) is 5.56 Å². The van der Waals surface area contributed by atoms with Gasteiger partial charge in [0.2, 0.25) is 5.91 Å². The molecule has 0 bridgehead atoms. The first-order chi connectivity index (χ1) is 12.7. The number of amides is 1. The predicted octanol–water partition coefficient (Wildman–Crippen LogP) is 2.03. The largest absolute Gasteiger partial charge is 0.416 e. The van der Waals surface area contributed by atoms with Crippen LogP contribution in [0.25, 0.3) is 10.9 Å². The molecule has 10 heteroatoms. The number of alkyl halides is 3. The molecule has 3 rings (SSSR count). The molecule has 1 N–H and O–H groups in total. The highest BCUT2D eigenvalue weighted by molar-refractivity contribution is 5.78. The molecule has 0 radical (unpaired) electrons. The number of carbonyl (C=O) groups excluding carboxylic acids is 1. The molecule has 0 aliphatic rings. The highest BCUT2D eigenvalue weighted by Crippen LogP contribution is 2.29. The summed E-state index contributed by atoms with van der Waals surface area (Å²) in [6.45, 7) is 1.33. The third-order valence-electron chi connectivity index (χ3n) is 4.18. The van der Waals surface area contributed by atoms with E-state index < -0.39 is 29.2 Å². The van der Waals surface area contributed by atoms with E-state index in [1.165, 1.54) is 29.2 Å². The average Bonchev–Trinajstić information content (AvgIpc) is 2.98. The van der Waals surface area contributed by atoms with Crippen LogP contribution in [0.3, 0.4) is 0 Å². The molecule has 0 aliphatic heterocycles. The summed E-state index contributed by atoms with van der Waals surface area (Å²) < 4.78 is 40.3. The average molecular weight is 379 g/mol. The van der Waals surface area contributed by atoms with Crippen molar-refractivity contribution in [2.24, 2.45) is 7.05 Å². The van der Waals surface area contributed by atoms with E-state index in [4.69, 9.17) is 0 Å². The van der Waals surface area contributed by atoms with Crippen molar-refractivity contribution in [3.05, 3.63) is 58.1 Å². The quantitative estimate of drug-likeness (QED) is 0.752. The molecule has 1 atom stereocenters. The number of carbonyl (C=O) groups is 1. The van der Waals surface area contributed by atoms with Gasteiger partial charge >= 0.3 is 6.18 Å². The van der Waals surface area contributed by atoms with Crippen LogP contribution < -0.4 is 10.9 Å². The molecular weight excluding hydrogens is 363 g/mol. The monoisotopic (exact) mass is 379 g/mol. The zero-order valence-electron chi connectivity index (χ0n) is 14.5. The Kier molecular flexibility index (Phi) is 4.73. The number of rotatable bonds is 4. The second-order valence-electron chi connectivity index (χ2n) is 6.08. The summed E-state index contributed by atoms with van der Waals surface area (Å²) in [4.78, 5) is 24.5. The van der Waals surface area contributed by atoms with E-state index in [1.807, 2.05) is 0 Å². The molecule has 0 aliphatic carbocycles. The van der Waals surface area contributed by atoms with Crippen molar-refractivity contribution in [1.29, 1.82) is 0 Å². The number of nitrogens with zero attached hydrogens (tertiary/aromatic N) is 4. The van der Waals surface area contributed by atoms with Crippen molar-refractivity contribution in [3.63, 3.8) is 0 Å². The van der Waals surface area contributed by atoms with Crippen LogP contribution in [-0.2, 0) is 24.6 Å². The SMILES string of the molecule is CC(NC(=O)Cn1ncc2c(cnn2C)c1=O)c1ccc(C(F)(F)F)cc1. The molecule has 2 aromatic heterocycles. The van der Waals surface area contributed by atoms with E-state index in [-0.39, 0.29) is 6.54 Å². The topological polar surface area (TPSA) is 81.8 Å². The van der Waals surface area contributed by atoms with Crippen molar-refractivity contribution in [2.75, 3.05) is 0 Å². The van der Waals surface area contributed by atoms with Crippen molar-refractivity contribution < 1.29 is 18.0 Å². The Morgan fingerprint density at radius 1 is 1.19 bits per heavy atom. The fraction of sp³-hybridized carbons (Fsp3) is 0.294. The van der Waals surface area contributed by atoms with Crippen LogP contribution in [0.5, 0.6) is 0 Å². The normalized spacial score (nSPS) is 12.9. The van der Waals surface area contributed by atoms with Gasteiger partial charge in [-0.25, -0.2) is 4.68 Å². The zero-order valence-corrected chi connectivity index (χ0v) is 14.5. The summed E-state index contributed by atoms with van der Waals surface area (Å²) in [6.07, 6.45) is -1.57. The van der Waals surface area contributed by atoms with Crippen LogP contribution in [0.1, 0.15) is 24.1 Å². The fourth-order valence-electron chi connectivity index (χ4n) is 2.66. The van der Waals surface area contributed by atoms with Gasteiger partial charge in [-0.2, -0.15) is 23.4 Å². The van der Waals surface area contributed by atoms with Gasteiger partial charge in [0.05, 0.1) is 34.9 Å². The van der Waals surface area contributed by atoms with Gasteiger partial charge in [-0.1, -0.05) is 12.1 Å². The number of nitrogens with one attached hydrogen (secondary N) is 1. The van der Waals surface area contributed by atoms with Gasteiger partial charge in [-0.3, -0.25) is 14.3 Å². The van der Waals surface area contributed by atoms with Crippen LogP contribution in [-0.4, -0.2) is 25.5 Å². The molecule has 27 heavy (non-hydrogen) atoms. The Hall–Kier alpha value is -3.17. The lowest BCUT2D eigenvalue weighted by molar-refractivity contribution is -0.137. The maximum atomic E-state index is 12.6. The molecular formula is C17H16F3N5O2. The summed E-state index contributed by atoms with van der Waals surface area (Å²) in [5.41, 5.74) is -0.141. The standard InChI is InChI=1S/C17H16F3N5O2/c1-10(11-3-5-12(6-4-11)17(18,19)20)23-15(26)9-25-16(27)13-7-21-24(2)14(13)8-22-25/h3-8,10H,9H2,1-2H3,(H,23,26). The van der Waals surface area contributed by atoms with Crippen LogP contribution in [0.2, 0.25) is 0 Å². The minimum Gasteiger partial charge on any atom is -0.348 e. The van der Waals surface area contributed by atoms with Crippen LogP contribution in [0.4, 0.5) is 13.2 Å². The van der Waals surface area contributed by atoms with E-state index in [1.54, 1.807) is 14.0 Å². The molecule has 7 nitrogen and oxygen atoms in total. The number of halogens is 3. The second-order valence-corrected chi connectivity index (χ2v) is 6.08. The van der Waals surface area contributed by atoms with Gasteiger partial charge in [-0.05, 0) is 24.6 Å². The van der Waals surface area contributed by atoms with Crippen LogP contribution in [0.15, 0.2) is 41.5 Å². The Balaban J connectivity index is 1.70. The molecule has 0 saturated heterocycles. The summed E-state index contributed by atoms with van der Waals surface area (Å²) in [5.74, 6) is -0.486. The Morgan fingerprint density at radius 3 is 2.48 bits per heavy atom. The molecule has 0 saturated carbocycles. The van der Waals surface area contributed by atoms with E-state index in [0.29, 0.717) is 16.5 Å². The molecule has 1 amide bonds. The number of aromatic nitrogens is 4. The third kappa shape index (κ3) is 3.83. The third-order valence-corrected chi connectivity index (χ3v) is 4.18. The predicted molar refractivity (Wildman–Crippen MR) is 90.8 cm³/mol. The molecule has 0 fully saturated rings. The fourth-order valence-corrected chi connectivity index (χ4v) is 2.66. The van der Waals surface area contributed by atoms with Gasteiger partial charge < -0.3 is 5.32 Å². The number of fused-ring (bicyclic) bond motifs is 1. The first-order valence-electron chi connectivity index (χ1n) is 8.01. The van der Waals surface area contributed by atoms with Crippen LogP contribution >= 0.6 is 0 Å². The van der Waals surface area contributed by atoms with Crippen molar-refractivity contribution >= 4 is 16.8 Å². The molecule has 142 valence electrons. The summed E-state index contributed by atoms with van der Waals surface area (Å²) in [5, 5.41) is 10.9. The highest BCUT2D eigenvalue weighted by atomic mass is 19.4. The Morgan fingerprint density at radius 2 is 1.85 bits per heavy atom. The Bertz CT molecular complexity index is 1040. The molecule has 3 aromatic rings. The number of aryl methyl sites for hydroxylation is 1. The number of hydrogen-bond acceptors (Lipinski definition) is 4. The van der Waals surface area contributed by atoms with Gasteiger partial charge in [0.1, 0.15) is 6.54 Å². The van der Waals surface area contributed by atoms with Crippen molar-refractivity contribution in [3.8, 4) is 0 Å². The molecule has 2 heterocycles. The summed E-state index contributed by atoms with van der Waals surface area (Å²) >= 11 is 0. The first kappa shape index (κ1) is 18.6. The minimum atomic E-state index is -4.41. The molecule has 0 spiro atoms. The molecule has 1 unspecified atom stereocenters. The van der Waals surface area contributed by atoms with Gasteiger partial charge in [-0.15, -0.1) is 0 Å². The summed E-state index contributed by atoms with van der Waals surface area (Å²) in [6, 6.07) is 4.00. The van der Waals surface area contributed by atoms with Gasteiger partial charge in [0, 0.05) is 7.05 Å². The minimum absolute atomic E-state index is 0.311. The Labute approximate surface area is 151 Å². The van der Waals surface area contributed by atoms with Crippen molar-refractivity contribution in [1.82, 2.24) is 24.9 Å².